The number of hydrogen-bond donors (Lipinski definition) is 1. The average molecular weight is 361 g/mol. The number of carbonyl (C=O) groups excluding carboxylic acids is 1. The summed E-state index contributed by atoms with van der Waals surface area (Å²) in [4.78, 5) is 14.1. The van der Waals surface area contributed by atoms with E-state index >= 15 is 0 Å². The number of rotatable bonds is 4. The first-order valence-corrected chi connectivity index (χ1v) is 8.01. The third kappa shape index (κ3) is 4.34. The van der Waals surface area contributed by atoms with Crippen molar-refractivity contribution in [2.45, 2.75) is 25.9 Å². The van der Waals surface area contributed by atoms with E-state index in [4.69, 9.17) is 0 Å². The van der Waals surface area contributed by atoms with Crippen LogP contribution in [0.2, 0.25) is 0 Å². The molecule has 4 heteroatoms. The molecule has 0 aliphatic heterocycles. The fraction of sp³-hybridized carbons (Fsp3) is 0.278. The molecule has 0 atom stereocenters. The number of hydrogen-bond acceptors (Lipinski definition) is 1. The van der Waals surface area contributed by atoms with Gasteiger partial charge in [-0.3, -0.25) is 0 Å². The molecule has 0 unspecified atom stereocenters. The van der Waals surface area contributed by atoms with Gasteiger partial charge in [0.25, 0.3) is 0 Å². The molecule has 0 aliphatic carbocycles. The third-order valence-electron chi connectivity index (χ3n) is 3.59. The second-order valence-electron chi connectivity index (χ2n) is 5.90. The molecule has 0 aromatic heterocycles. The summed E-state index contributed by atoms with van der Waals surface area (Å²) in [6.45, 7) is 4.60. The minimum Gasteiger partial charge on any atom is -0.329 e. The highest BCUT2D eigenvalue weighted by Gasteiger charge is 2.24. The SMILES string of the molecule is CN(Cc1ccccc1)C(=O)NC(C)(C)c1ccc(Br)cc1. The maximum absolute atomic E-state index is 12.4. The Morgan fingerprint density at radius 1 is 1.09 bits per heavy atom. The van der Waals surface area contributed by atoms with Crippen molar-refractivity contribution in [2.75, 3.05) is 7.05 Å². The lowest BCUT2D eigenvalue weighted by atomic mass is 9.94. The summed E-state index contributed by atoms with van der Waals surface area (Å²) < 4.78 is 1.03. The highest BCUT2D eigenvalue weighted by Crippen LogP contribution is 2.22. The second-order valence-corrected chi connectivity index (χ2v) is 6.82. The van der Waals surface area contributed by atoms with Crippen molar-refractivity contribution in [1.82, 2.24) is 10.2 Å². The molecule has 2 aromatic rings. The van der Waals surface area contributed by atoms with Crippen molar-refractivity contribution in [1.29, 1.82) is 0 Å². The van der Waals surface area contributed by atoms with Crippen LogP contribution in [0, 0.1) is 0 Å². The topological polar surface area (TPSA) is 32.3 Å². The molecule has 1 N–H and O–H groups in total. The van der Waals surface area contributed by atoms with Crippen molar-refractivity contribution in [2.24, 2.45) is 0 Å². The number of nitrogens with zero attached hydrogens (tertiary/aromatic N) is 1. The van der Waals surface area contributed by atoms with Gasteiger partial charge < -0.3 is 10.2 Å². The summed E-state index contributed by atoms with van der Waals surface area (Å²) in [5, 5.41) is 3.08. The van der Waals surface area contributed by atoms with Gasteiger partial charge in [0.15, 0.2) is 0 Å². The molecule has 0 aliphatic rings. The molecule has 3 nitrogen and oxygen atoms in total. The normalized spacial score (nSPS) is 11.1. The minimum absolute atomic E-state index is 0.0863. The van der Waals surface area contributed by atoms with Crippen LogP contribution in [0.15, 0.2) is 59.1 Å². The van der Waals surface area contributed by atoms with Crippen LogP contribution in [-0.2, 0) is 12.1 Å². The zero-order valence-corrected chi connectivity index (χ0v) is 14.7. The van der Waals surface area contributed by atoms with Crippen LogP contribution >= 0.6 is 15.9 Å². The molecule has 0 radical (unpaired) electrons. The van der Waals surface area contributed by atoms with Crippen molar-refractivity contribution < 1.29 is 4.79 Å². The first kappa shape index (κ1) is 16.6. The summed E-state index contributed by atoms with van der Waals surface area (Å²) in [7, 11) is 1.81. The Kier molecular flexibility index (Phi) is 5.24. The Morgan fingerprint density at radius 2 is 1.68 bits per heavy atom. The van der Waals surface area contributed by atoms with E-state index in [1.807, 2.05) is 68.4 Å². The number of halogens is 1. The Hall–Kier alpha value is -1.81. The van der Waals surface area contributed by atoms with Crippen molar-refractivity contribution in [3.05, 3.63) is 70.2 Å². The second kappa shape index (κ2) is 6.97. The first-order chi connectivity index (χ1) is 10.4. The van der Waals surface area contributed by atoms with Crippen LogP contribution < -0.4 is 5.32 Å². The largest absolute Gasteiger partial charge is 0.329 e. The van der Waals surface area contributed by atoms with E-state index in [9.17, 15) is 4.79 Å². The number of amides is 2. The summed E-state index contributed by atoms with van der Waals surface area (Å²) >= 11 is 3.43. The van der Waals surface area contributed by atoms with Crippen molar-refractivity contribution in [3.8, 4) is 0 Å². The molecule has 22 heavy (non-hydrogen) atoms. The lowest BCUT2D eigenvalue weighted by Crippen LogP contribution is -2.46. The minimum atomic E-state index is -0.428. The number of nitrogens with one attached hydrogen (secondary N) is 1. The van der Waals surface area contributed by atoms with Gasteiger partial charge in [-0.2, -0.15) is 0 Å². The Morgan fingerprint density at radius 3 is 2.27 bits per heavy atom. The zero-order valence-electron chi connectivity index (χ0n) is 13.1. The van der Waals surface area contributed by atoms with Gasteiger partial charge in [0.2, 0.25) is 0 Å². The molecule has 0 saturated carbocycles. The predicted octanol–water partition coefficient (Wildman–Crippen LogP) is 4.53. The van der Waals surface area contributed by atoms with E-state index in [0.29, 0.717) is 6.54 Å². The van der Waals surface area contributed by atoms with Crippen LogP contribution in [-0.4, -0.2) is 18.0 Å². The molecular weight excluding hydrogens is 340 g/mol. The van der Waals surface area contributed by atoms with Crippen molar-refractivity contribution >= 4 is 22.0 Å². The number of urea groups is 1. The highest BCUT2D eigenvalue weighted by molar-refractivity contribution is 9.10. The van der Waals surface area contributed by atoms with Crippen LogP contribution in [0.25, 0.3) is 0 Å². The molecule has 2 aromatic carbocycles. The molecule has 0 bridgehead atoms. The molecule has 2 amide bonds. The lowest BCUT2D eigenvalue weighted by Gasteiger charge is -2.30. The number of benzene rings is 2. The van der Waals surface area contributed by atoms with E-state index in [-0.39, 0.29) is 6.03 Å². The maximum atomic E-state index is 12.4. The van der Waals surface area contributed by atoms with Gasteiger partial charge in [0.05, 0.1) is 5.54 Å². The van der Waals surface area contributed by atoms with Crippen LogP contribution in [0.1, 0.15) is 25.0 Å². The quantitative estimate of drug-likeness (QED) is 0.853. The molecule has 0 heterocycles. The standard InChI is InChI=1S/C18H21BrN2O/c1-18(2,15-9-11-16(19)12-10-15)20-17(22)21(3)13-14-7-5-4-6-8-14/h4-12H,13H2,1-3H3,(H,20,22). The zero-order chi connectivity index (χ0) is 16.2. The van der Waals surface area contributed by atoms with Crippen molar-refractivity contribution in [3.63, 3.8) is 0 Å². The monoisotopic (exact) mass is 360 g/mol. The molecule has 116 valence electrons. The number of carbonyl (C=O) groups is 1. The Bertz CT molecular complexity index is 623. The molecular formula is C18H21BrN2O. The van der Waals surface area contributed by atoms with Crippen LogP contribution in [0.3, 0.4) is 0 Å². The van der Waals surface area contributed by atoms with Gasteiger partial charge in [-0.15, -0.1) is 0 Å². The van der Waals surface area contributed by atoms with Crippen LogP contribution in [0.5, 0.6) is 0 Å². The van der Waals surface area contributed by atoms with Gasteiger partial charge in [-0.05, 0) is 37.1 Å². The predicted molar refractivity (Wildman–Crippen MR) is 93.6 cm³/mol. The Labute approximate surface area is 140 Å². The van der Waals surface area contributed by atoms with E-state index in [0.717, 1.165) is 15.6 Å². The van der Waals surface area contributed by atoms with E-state index in [2.05, 4.69) is 21.2 Å². The van der Waals surface area contributed by atoms with Gasteiger partial charge >= 0.3 is 6.03 Å². The Balaban J connectivity index is 2.02. The van der Waals surface area contributed by atoms with Gasteiger partial charge in [0.1, 0.15) is 0 Å². The molecule has 0 fully saturated rings. The summed E-state index contributed by atoms with van der Waals surface area (Å²) in [5.74, 6) is 0. The summed E-state index contributed by atoms with van der Waals surface area (Å²) in [5.41, 5.74) is 1.75. The van der Waals surface area contributed by atoms with E-state index < -0.39 is 5.54 Å². The summed E-state index contributed by atoms with van der Waals surface area (Å²) in [6.07, 6.45) is 0. The van der Waals surface area contributed by atoms with Gasteiger partial charge in [0, 0.05) is 18.1 Å². The van der Waals surface area contributed by atoms with E-state index in [1.165, 1.54) is 0 Å². The van der Waals surface area contributed by atoms with Gasteiger partial charge in [-0.1, -0.05) is 58.4 Å². The van der Waals surface area contributed by atoms with E-state index in [1.54, 1.807) is 11.9 Å². The average Bonchev–Trinajstić information content (AvgIpc) is 2.48. The maximum Gasteiger partial charge on any atom is 0.318 e. The fourth-order valence-corrected chi connectivity index (χ4v) is 2.49. The summed E-state index contributed by atoms with van der Waals surface area (Å²) in [6, 6.07) is 17.9. The molecule has 0 spiro atoms. The van der Waals surface area contributed by atoms with Gasteiger partial charge in [-0.25, -0.2) is 4.79 Å². The first-order valence-electron chi connectivity index (χ1n) is 7.22. The fourth-order valence-electron chi connectivity index (χ4n) is 2.23. The van der Waals surface area contributed by atoms with Crippen LogP contribution in [0.4, 0.5) is 4.79 Å². The highest BCUT2D eigenvalue weighted by atomic mass is 79.9. The smallest absolute Gasteiger partial charge is 0.318 e. The lowest BCUT2D eigenvalue weighted by molar-refractivity contribution is 0.195. The molecule has 2 rings (SSSR count). The third-order valence-corrected chi connectivity index (χ3v) is 4.12. The molecule has 0 saturated heterocycles.